The van der Waals surface area contributed by atoms with Gasteiger partial charge in [-0.3, -0.25) is 0 Å². The Morgan fingerprint density at radius 1 is 0.714 bits per heavy atom. The molecule has 0 unspecified atom stereocenters. The normalized spacial score (nSPS) is 10.1. The summed E-state index contributed by atoms with van der Waals surface area (Å²) in [5, 5.41) is 30.6. The van der Waals surface area contributed by atoms with Crippen molar-refractivity contribution in [1.82, 2.24) is 0 Å². The van der Waals surface area contributed by atoms with Crippen molar-refractivity contribution in [1.29, 1.82) is 0 Å². The van der Waals surface area contributed by atoms with Gasteiger partial charge >= 0.3 is 11.9 Å². The summed E-state index contributed by atoms with van der Waals surface area (Å²) in [7, 11) is 4.72. The third-order valence-electron chi connectivity index (χ3n) is 3.71. The molecule has 0 aliphatic heterocycles. The number of methoxy groups -OCH3 is 4. The molecular formula is C18H18O10. The lowest BCUT2D eigenvalue weighted by atomic mass is 10.1. The monoisotopic (exact) mass is 394 g/mol. The maximum atomic E-state index is 12.1. The van der Waals surface area contributed by atoms with Crippen molar-refractivity contribution in [2.45, 2.75) is 0 Å². The fourth-order valence-electron chi connectivity index (χ4n) is 2.30. The van der Waals surface area contributed by atoms with E-state index >= 15 is 0 Å². The van der Waals surface area contributed by atoms with Crippen LogP contribution in [0.4, 0.5) is 0 Å². The Morgan fingerprint density at radius 2 is 1.25 bits per heavy atom. The Bertz CT molecular complexity index is 919. The molecule has 0 saturated heterocycles. The van der Waals surface area contributed by atoms with Crippen LogP contribution in [0.3, 0.4) is 0 Å². The van der Waals surface area contributed by atoms with Crippen molar-refractivity contribution in [3.8, 4) is 40.2 Å². The van der Waals surface area contributed by atoms with Crippen LogP contribution in [0.15, 0.2) is 18.2 Å². The Labute approximate surface area is 159 Å². The van der Waals surface area contributed by atoms with E-state index in [1.807, 2.05) is 0 Å². The molecule has 0 aromatic heterocycles. The van der Waals surface area contributed by atoms with Gasteiger partial charge in [0, 0.05) is 6.07 Å². The van der Waals surface area contributed by atoms with Gasteiger partial charge in [-0.1, -0.05) is 0 Å². The number of hydrogen-bond donors (Lipinski definition) is 3. The average molecular weight is 394 g/mol. The lowest BCUT2D eigenvalue weighted by Gasteiger charge is -2.17. The first-order valence-electron chi connectivity index (χ1n) is 7.67. The predicted molar refractivity (Wildman–Crippen MR) is 93.7 cm³/mol. The van der Waals surface area contributed by atoms with Gasteiger partial charge in [0.1, 0.15) is 5.56 Å². The van der Waals surface area contributed by atoms with Crippen LogP contribution in [0.1, 0.15) is 20.7 Å². The molecule has 0 spiro atoms. The summed E-state index contributed by atoms with van der Waals surface area (Å²) in [6.07, 6.45) is 0. The summed E-state index contributed by atoms with van der Waals surface area (Å²) in [6, 6.07) is 3.39. The number of aromatic hydroxyl groups is 3. The topological polar surface area (TPSA) is 141 Å². The molecule has 2 rings (SSSR count). The minimum absolute atomic E-state index is 0.0380. The molecule has 0 amide bonds. The van der Waals surface area contributed by atoms with Gasteiger partial charge in [-0.05, 0) is 12.1 Å². The van der Waals surface area contributed by atoms with E-state index in [1.165, 1.54) is 20.3 Å². The van der Waals surface area contributed by atoms with Crippen molar-refractivity contribution >= 4 is 11.9 Å². The molecule has 0 aliphatic rings. The van der Waals surface area contributed by atoms with E-state index in [1.54, 1.807) is 0 Å². The van der Waals surface area contributed by atoms with Gasteiger partial charge in [-0.25, -0.2) is 9.59 Å². The lowest BCUT2D eigenvalue weighted by molar-refractivity contribution is 0.0587. The molecule has 0 atom stereocenters. The number of carbonyl (C=O) groups excluding carboxylic acids is 2. The van der Waals surface area contributed by atoms with Crippen molar-refractivity contribution in [2.24, 2.45) is 0 Å². The number of carbonyl (C=O) groups is 2. The van der Waals surface area contributed by atoms with Gasteiger partial charge in [0.15, 0.2) is 23.0 Å². The van der Waals surface area contributed by atoms with Crippen LogP contribution < -0.4 is 14.2 Å². The van der Waals surface area contributed by atoms with E-state index in [9.17, 15) is 24.9 Å². The Kier molecular flexibility index (Phi) is 6.04. The Hall–Kier alpha value is -3.82. The fraction of sp³-hybridized carbons (Fsp3) is 0.222. The highest BCUT2D eigenvalue weighted by Crippen LogP contribution is 2.49. The number of rotatable bonds is 6. The van der Waals surface area contributed by atoms with Gasteiger partial charge in [-0.15, -0.1) is 0 Å². The van der Waals surface area contributed by atoms with Crippen LogP contribution in [0, 0.1) is 0 Å². The molecule has 0 radical (unpaired) electrons. The van der Waals surface area contributed by atoms with E-state index in [2.05, 4.69) is 9.47 Å². The first-order valence-corrected chi connectivity index (χ1v) is 7.67. The highest BCUT2D eigenvalue weighted by atomic mass is 16.5. The van der Waals surface area contributed by atoms with Crippen LogP contribution in [0.5, 0.6) is 40.2 Å². The highest BCUT2D eigenvalue weighted by Gasteiger charge is 2.27. The molecule has 3 N–H and O–H groups in total. The van der Waals surface area contributed by atoms with Crippen molar-refractivity contribution in [3.63, 3.8) is 0 Å². The molecule has 2 aromatic carbocycles. The summed E-state index contributed by atoms with van der Waals surface area (Å²) in [5.41, 5.74) is -0.347. The van der Waals surface area contributed by atoms with E-state index in [0.29, 0.717) is 0 Å². The second kappa shape index (κ2) is 8.25. The van der Waals surface area contributed by atoms with Gasteiger partial charge < -0.3 is 39.0 Å². The molecule has 10 nitrogen and oxygen atoms in total. The van der Waals surface area contributed by atoms with Crippen LogP contribution >= 0.6 is 0 Å². The molecule has 0 fully saturated rings. The smallest absolute Gasteiger partial charge is 0.341 e. The van der Waals surface area contributed by atoms with Gasteiger partial charge in [0.25, 0.3) is 0 Å². The zero-order chi connectivity index (χ0) is 21.0. The Morgan fingerprint density at radius 3 is 1.79 bits per heavy atom. The molecular weight excluding hydrogens is 376 g/mol. The maximum absolute atomic E-state index is 12.1. The van der Waals surface area contributed by atoms with Gasteiger partial charge in [0.05, 0.1) is 34.0 Å². The van der Waals surface area contributed by atoms with E-state index < -0.39 is 34.9 Å². The summed E-state index contributed by atoms with van der Waals surface area (Å²) in [5.74, 6) is -4.99. The number of hydrogen-bond acceptors (Lipinski definition) is 10. The SMILES string of the molecule is COC(=O)c1cc(OC)c(O)c(Oc2c(C(=O)OC)cc(OC)c(O)c2O)c1. The van der Waals surface area contributed by atoms with Crippen LogP contribution in [-0.4, -0.2) is 55.7 Å². The lowest BCUT2D eigenvalue weighted by Crippen LogP contribution is -2.06. The molecule has 150 valence electrons. The number of ether oxygens (including phenoxy) is 5. The summed E-state index contributed by atoms with van der Waals surface area (Å²) in [6.45, 7) is 0. The van der Waals surface area contributed by atoms with E-state index in [0.717, 1.165) is 26.4 Å². The standard InChI is InChI=1S/C18H18O10/c1-24-10-5-8(17(22)26-3)6-12(13(10)19)28-16-9(18(23)27-4)7-11(25-2)14(20)15(16)21/h5-7,19-21H,1-4H3. The van der Waals surface area contributed by atoms with Crippen molar-refractivity contribution < 1.29 is 48.6 Å². The molecule has 28 heavy (non-hydrogen) atoms. The van der Waals surface area contributed by atoms with Crippen LogP contribution in [0.25, 0.3) is 0 Å². The van der Waals surface area contributed by atoms with E-state index in [4.69, 9.17) is 14.2 Å². The largest absolute Gasteiger partial charge is 0.502 e. The quantitative estimate of drug-likeness (QED) is 0.493. The molecule has 2 aromatic rings. The molecule has 0 bridgehead atoms. The third-order valence-corrected chi connectivity index (χ3v) is 3.71. The number of benzene rings is 2. The zero-order valence-electron chi connectivity index (χ0n) is 15.4. The number of phenols is 3. The van der Waals surface area contributed by atoms with Crippen LogP contribution in [0.2, 0.25) is 0 Å². The highest BCUT2D eigenvalue weighted by molar-refractivity contribution is 5.95. The molecule has 0 aliphatic carbocycles. The van der Waals surface area contributed by atoms with Gasteiger partial charge in [0.2, 0.25) is 17.2 Å². The van der Waals surface area contributed by atoms with Crippen LogP contribution in [-0.2, 0) is 9.47 Å². The molecule has 10 heteroatoms. The Balaban J connectivity index is 2.69. The summed E-state index contributed by atoms with van der Waals surface area (Å²) in [4.78, 5) is 23.9. The zero-order valence-corrected chi connectivity index (χ0v) is 15.4. The molecule has 0 saturated carbocycles. The minimum atomic E-state index is -0.917. The van der Waals surface area contributed by atoms with Crippen molar-refractivity contribution in [2.75, 3.05) is 28.4 Å². The number of phenolic OH excluding ortho intramolecular Hbond substituents is 3. The second-order valence-electron chi connectivity index (χ2n) is 5.26. The van der Waals surface area contributed by atoms with Crippen molar-refractivity contribution in [3.05, 3.63) is 29.3 Å². The summed E-state index contributed by atoms with van der Waals surface area (Å²) < 4.78 is 24.6. The number of esters is 2. The second-order valence-corrected chi connectivity index (χ2v) is 5.26. The van der Waals surface area contributed by atoms with Gasteiger partial charge in [-0.2, -0.15) is 0 Å². The first kappa shape index (κ1) is 20.5. The minimum Gasteiger partial charge on any atom is -0.502 e. The third kappa shape index (κ3) is 3.65. The maximum Gasteiger partial charge on any atom is 0.341 e. The summed E-state index contributed by atoms with van der Waals surface area (Å²) >= 11 is 0. The first-order chi connectivity index (χ1) is 13.3. The molecule has 0 heterocycles. The predicted octanol–water partition coefficient (Wildman–Crippen LogP) is 2.19. The fourth-order valence-corrected chi connectivity index (χ4v) is 2.30. The van der Waals surface area contributed by atoms with E-state index in [-0.39, 0.29) is 28.4 Å². The average Bonchev–Trinajstić information content (AvgIpc) is 2.71.